The van der Waals surface area contributed by atoms with Crippen LogP contribution in [0.3, 0.4) is 0 Å². The van der Waals surface area contributed by atoms with E-state index in [-0.39, 0.29) is 12.5 Å². The molecule has 3 heterocycles. The van der Waals surface area contributed by atoms with Gasteiger partial charge in [0.25, 0.3) is 5.91 Å². The third-order valence-corrected chi connectivity index (χ3v) is 2.80. The van der Waals surface area contributed by atoms with Crippen LogP contribution in [0.5, 0.6) is 5.75 Å². The molecule has 0 bridgehead atoms. The molecule has 3 aromatic rings. The molecule has 3 rings (SSSR count). The number of ether oxygens (including phenoxy) is 1. The van der Waals surface area contributed by atoms with Crippen LogP contribution in [0.25, 0.3) is 5.82 Å². The zero-order chi connectivity index (χ0) is 15.2. The SMILES string of the molecule is O=C(COc1cccnc1)Nc1ccc(-n2ccnc2)nc1. The molecule has 0 aliphatic carbocycles. The van der Waals surface area contributed by atoms with E-state index in [1.54, 1.807) is 66.1 Å². The minimum atomic E-state index is -0.263. The van der Waals surface area contributed by atoms with E-state index in [1.807, 2.05) is 0 Å². The Bertz CT molecular complexity index is 726. The van der Waals surface area contributed by atoms with Gasteiger partial charge in [-0.05, 0) is 24.3 Å². The highest BCUT2D eigenvalue weighted by atomic mass is 16.5. The lowest BCUT2D eigenvalue weighted by molar-refractivity contribution is -0.118. The summed E-state index contributed by atoms with van der Waals surface area (Å²) >= 11 is 0. The van der Waals surface area contributed by atoms with Crippen molar-refractivity contribution in [3.63, 3.8) is 0 Å². The smallest absolute Gasteiger partial charge is 0.262 e. The van der Waals surface area contributed by atoms with Crippen LogP contribution in [0.1, 0.15) is 0 Å². The van der Waals surface area contributed by atoms with Gasteiger partial charge >= 0.3 is 0 Å². The van der Waals surface area contributed by atoms with Crippen LogP contribution in [-0.2, 0) is 4.79 Å². The molecule has 0 atom stereocenters. The Labute approximate surface area is 126 Å². The van der Waals surface area contributed by atoms with Crippen LogP contribution in [0.15, 0.2) is 61.6 Å². The van der Waals surface area contributed by atoms with Crippen molar-refractivity contribution in [3.8, 4) is 11.6 Å². The van der Waals surface area contributed by atoms with Crippen LogP contribution in [0.2, 0.25) is 0 Å². The first-order chi connectivity index (χ1) is 10.8. The van der Waals surface area contributed by atoms with Crippen molar-refractivity contribution < 1.29 is 9.53 Å². The van der Waals surface area contributed by atoms with Gasteiger partial charge in [-0.15, -0.1) is 0 Å². The van der Waals surface area contributed by atoms with Gasteiger partial charge in [0.2, 0.25) is 0 Å². The zero-order valence-electron chi connectivity index (χ0n) is 11.6. The lowest BCUT2D eigenvalue weighted by Gasteiger charge is -2.07. The van der Waals surface area contributed by atoms with Gasteiger partial charge in [-0.2, -0.15) is 0 Å². The largest absolute Gasteiger partial charge is 0.482 e. The molecule has 3 aromatic heterocycles. The minimum absolute atomic E-state index is 0.0883. The summed E-state index contributed by atoms with van der Waals surface area (Å²) in [5.74, 6) is 1.01. The Balaban J connectivity index is 1.55. The van der Waals surface area contributed by atoms with Gasteiger partial charge in [0.1, 0.15) is 17.9 Å². The van der Waals surface area contributed by atoms with E-state index in [1.165, 1.54) is 0 Å². The Morgan fingerprint density at radius 1 is 1.18 bits per heavy atom. The number of hydrogen-bond donors (Lipinski definition) is 1. The second-order valence-electron chi connectivity index (χ2n) is 4.40. The van der Waals surface area contributed by atoms with Crippen LogP contribution >= 0.6 is 0 Å². The number of nitrogens with one attached hydrogen (secondary N) is 1. The van der Waals surface area contributed by atoms with E-state index in [0.717, 1.165) is 5.82 Å². The summed E-state index contributed by atoms with van der Waals surface area (Å²) < 4.78 is 7.09. The van der Waals surface area contributed by atoms with Crippen LogP contribution in [-0.4, -0.2) is 32.0 Å². The predicted octanol–water partition coefficient (Wildman–Crippen LogP) is 1.68. The van der Waals surface area contributed by atoms with Gasteiger partial charge < -0.3 is 10.1 Å². The van der Waals surface area contributed by atoms with E-state index >= 15 is 0 Å². The number of amides is 1. The number of carbonyl (C=O) groups is 1. The number of hydrogen-bond acceptors (Lipinski definition) is 5. The van der Waals surface area contributed by atoms with Crippen molar-refractivity contribution in [3.05, 3.63) is 61.6 Å². The first-order valence-electron chi connectivity index (χ1n) is 6.58. The first kappa shape index (κ1) is 13.7. The van der Waals surface area contributed by atoms with Gasteiger partial charge in [0.05, 0.1) is 18.1 Å². The molecule has 0 saturated heterocycles. The van der Waals surface area contributed by atoms with E-state index in [4.69, 9.17) is 4.74 Å². The zero-order valence-corrected chi connectivity index (χ0v) is 11.6. The maximum absolute atomic E-state index is 11.8. The Morgan fingerprint density at radius 2 is 2.14 bits per heavy atom. The second kappa shape index (κ2) is 6.49. The molecule has 0 aliphatic rings. The highest BCUT2D eigenvalue weighted by molar-refractivity contribution is 5.91. The van der Waals surface area contributed by atoms with Gasteiger partial charge in [-0.3, -0.25) is 14.3 Å². The lowest BCUT2D eigenvalue weighted by Crippen LogP contribution is -2.20. The topological polar surface area (TPSA) is 81.9 Å². The van der Waals surface area contributed by atoms with Crippen molar-refractivity contribution in [1.29, 1.82) is 0 Å². The molecule has 0 radical (unpaired) electrons. The predicted molar refractivity (Wildman–Crippen MR) is 79.7 cm³/mol. The second-order valence-corrected chi connectivity index (χ2v) is 4.40. The molecule has 0 unspecified atom stereocenters. The molecule has 7 heteroatoms. The number of imidazole rings is 1. The molecule has 1 amide bonds. The Kier molecular flexibility index (Phi) is 4.05. The van der Waals surface area contributed by atoms with E-state index in [0.29, 0.717) is 11.4 Å². The third kappa shape index (κ3) is 3.45. The van der Waals surface area contributed by atoms with Crippen LogP contribution in [0, 0.1) is 0 Å². The van der Waals surface area contributed by atoms with E-state index in [9.17, 15) is 4.79 Å². The molecule has 7 nitrogen and oxygen atoms in total. The number of rotatable bonds is 5. The standard InChI is InChI=1S/C15H13N5O2/c21-15(10-22-13-2-1-5-16-9-13)19-12-3-4-14(18-8-12)20-7-6-17-11-20/h1-9,11H,10H2,(H,19,21). The van der Waals surface area contributed by atoms with Gasteiger partial charge in [0.15, 0.2) is 6.61 Å². The number of pyridine rings is 2. The highest BCUT2D eigenvalue weighted by Gasteiger charge is 2.05. The van der Waals surface area contributed by atoms with Crippen molar-refractivity contribution in [2.45, 2.75) is 0 Å². The molecular weight excluding hydrogens is 282 g/mol. The van der Waals surface area contributed by atoms with Gasteiger partial charge in [-0.25, -0.2) is 9.97 Å². The maximum Gasteiger partial charge on any atom is 0.262 e. The summed E-state index contributed by atoms with van der Waals surface area (Å²) in [5.41, 5.74) is 0.601. The molecule has 22 heavy (non-hydrogen) atoms. The summed E-state index contributed by atoms with van der Waals surface area (Å²) in [4.78, 5) is 23.9. The van der Waals surface area contributed by atoms with Crippen molar-refractivity contribution in [1.82, 2.24) is 19.5 Å². The maximum atomic E-state index is 11.8. The van der Waals surface area contributed by atoms with Crippen LogP contribution < -0.4 is 10.1 Å². The number of anilines is 1. The molecule has 0 spiro atoms. The normalized spacial score (nSPS) is 10.2. The van der Waals surface area contributed by atoms with Crippen molar-refractivity contribution in [2.24, 2.45) is 0 Å². The molecule has 1 N–H and O–H groups in total. The average Bonchev–Trinajstić information content (AvgIpc) is 3.09. The summed E-state index contributed by atoms with van der Waals surface area (Å²) in [6.07, 6.45) is 9.89. The van der Waals surface area contributed by atoms with Crippen LogP contribution in [0.4, 0.5) is 5.69 Å². The summed E-state index contributed by atoms with van der Waals surface area (Å²) in [7, 11) is 0. The Morgan fingerprint density at radius 3 is 2.82 bits per heavy atom. The highest BCUT2D eigenvalue weighted by Crippen LogP contribution is 2.10. The summed E-state index contributed by atoms with van der Waals surface area (Å²) in [6.45, 7) is -0.0883. The molecule has 110 valence electrons. The fourth-order valence-corrected chi connectivity index (χ4v) is 1.79. The molecule has 0 aliphatic heterocycles. The molecule has 0 fully saturated rings. The van der Waals surface area contributed by atoms with E-state index in [2.05, 4.69) is 20.3 Å². The molecule has 0 saturated carbocycles. The van der Waals surface area contributed by atoms with Crippen molar-refractivity contribution in [2.75, 3.05) is 11.9 Å². The minimum Gasteiger partial charge on any atom is -0.482 e. The summed E-state index contributed by atoms with van der Waals surface area (Å²) in [5, 5.41) is 2.71. The quantitative estimate of drug-likeness (QED) is 0.774. The fraction of sp³-hybridized carbons (Fsp3) is 0.0667. The monoisotopic (exact) mass is 295 g/mol. The third-order valence-electron chi connectivity index (χ3n) is 2.80. The lowest BCUT2D eigenvalue weighted by atomic mass is 10.4. The summed E-state index contributed by atoms with van der Waals surface area (Å²) in [6, 6.07) is 7.04. The average molecular weight is 295 g/mol. The number of carbonyl (C=O) groups excluding carboxylic acids is 1. The van der Waals surface area contributed by atoms with Crippen molar-refractivity contribution >= 4 is 11.6 Å². The van der Waals surface area contributed by atoms with Gasteiger partial charge in [-0.1, -0.05) is 0 Å². The number of aromatic nitrogens is 4. The number of nitrogens with zero attached hydrogens (tertiary/aromatic N) is 4. The Hall–Kier alpha value is -3.22. The molecular formula is C15H13N5O2. The fourth-order valence-electron chi connectivity index (χ4n) is 1.79. The molecule has 0 aromatic carbocycles. The first-order valence-corrected chi connectivity index (χ1v) is 6.58. The van der Waals surface area contributed by atoms with E-state index < -0.39 is 0 Å². The van der Waals surface area contributed by atoms with Gasteiger partial charge in [0, 0.05) is 18.6 Å².